The van der Waals surface area contributed by atoms with Crippen molar-refractivity contribution in [3.05, 3.63) is 0 Å². The summed E-state index contributed by atoms with van der Waals surface area (Å²) >= 11 is 0. The SMILES string of the molecule is CCNCCCS(=O)(=O)N(C)CCCOC. The van der Waals surface area contributed by atoms with Crippen LogP contribution >= 0.6 is 0 Å². The molecule has 0 spiro atoms. The highest BCUT2D eigenvalue weighted by Crippen LogP contribution is 2.01. The molecule has 0 amide bonds. The van der Waals surface area contributed by atoms with Gasteiger partial charge < -0.3 is 10.1 Å². The number of nitrogens with zero attached hydrogens (tertiary/aromatic N) is 1. The Bertz CT molecular complexity index is 255. The molecule has 0 aromatic carbocycles. The average Bonchev–Trinajstić information content (AvgIpc) is 2.24. The molecule has 16 heavy (non-hydrogen) atoms. The van der Waals surface area contributed by atoms with Crippen molar-refractivity contribution >= 4 is 10.0 Å². The van der Waals surface area contributed by atoms with E-state index in [1.807, 2.05) is 6.92 Å². The number of rotatable bonds is 10. The Morgan fingerprint density at radius 2 is 2.00 bits per heavy atom. The lowest BCUT2D eigenvalue weighted by Crippen LogP contribution is -2.31. The molecule has 0 aliphatic heterocycles. The predicted octanol–water partition coefficient (Wildman–Crippen LogP) is 0.284. The van der Waals surface area contributed by atoms with Gasteiger partial charge in [0, 0.05) is 27.3 Å². The molecule has 1 N–H and O–H groups in total. The number of hydrogen-bond acceptors (Lipinski definition) is 4. The van der Waals surface area contributed by atoms with Crippen LogP contribution in [0.15, 0.2) is 0 Å². The number of ether oxygens (including phenoxy) is 1. The van der Waals surface area contributed by atoms with E-state index in [1.54, 1.807) is 14.2 Å². The monoisotopic (exact) mass is 252 g/mol. The molecule has 0 unspecified atom stereocenters. The van der Waals surface area contributed by atoms with Crippen LogP contribution in [0.1, 0.15) is 19.8 Å². The van der Waals surface area contributed by atoms with Crippen molar-refractivity contribution in [3.63, 3.8) is 0 Å². The van der Waals surface area contributed by atoms with Gasteiger partial charge in [0.1, 0.15) is 0 Å². The molecular formula is C10H24N2O3S. The Morgan fingerprint density at radius 3 is 2.56 bits per heavy atom. The molecule has 0 aliphatic rings. The Hall–Kier alpha value is -0.170. The second kappa shape index (κ2) is 8.92. The lowest BCUT2D eigenvalue weighted by atomic mass is 10.4. The lowest BCUT2D eigenvalue weighted by molar-refractivity contribution is 0.189. The normalized spacial score (nSPS) is 12.2. The molecule has 0 saturated heterocycles. The van der Waals surface area contributed by atoms with Gasteiger partial charge in [-0.15, -0.1) is 0 Å². The highest BCUT2D eigenvalue weighted by molar-refractivity contribution is 7.89. The van der Waals surface area contributed by atoms with Gasteiger partial charge in [-0.2, -0.15) is 0 Å². The zero-order valence-corrected chi connectivity index (χ0v) is 11.3. The highest BCUT2D eigenvalue weighted by Gasteiger charge is 2.16. The topological polar surface area (TPSA) is 58.6 Å². The summed E-state index contributed by atoms with van der Waals surface area (Å²) in [6.45, 7) is 4.76. The van der Waals surface area contributed by atoms with Crippen LogP contribution in [0.2, 0.25) is 0 Å². The van der Waals surface area contributed by atoms with E-state index in [9.17, 15) is 8.42 Å². The van der Waals surface area contributed by atoms with Gasteiger partial charge in [-0.3, -0.25) is 0 Å². The molecule has 0 fully saturated rings. The standard InChI is InChI=1S/C10H24N2O3S/c1-4-11-7-5-10-16(13,14)12(2)8-6-9-15-3/h11H,4-10H2,1-3H3. The maximum absolute atomic E-state index is 11.7. The molecule has 0 saturated carbocycles. The molecule has 6 heteroatoms. The predicted molar refractivity (Wildman–Crippen MR) is 66.1 cm³/mol. The second-order valence-electron chi connectivity index (χ2n) is 3.69. The van der Waals surface area contributed by atoms with Crippen molar-refractivity contribution in [1.82, 2.24) is 9.62 Å². The Balaban J connectivity index is 3.82. The van der Waals surface area contributed by atoms with Crippen LogP contribution in [-0.2, 0) is 14.8 Å². The molecule has 0 bridgehead atoms. The first-order valence-electron chi connectivity index (χ1n) is 5.68. The Morgan fingerprint density at radius 1 is 1.31 bits per heavy atom. The van der Waals surface area contributed by atoms with E-state index in [0.717, 1.165) is 19.5 Å². The zero-order valence-electron chi connectivity index (χ0n) is 10.5. The summed E-state index contributed by atoms with van der Waals surface area (Å²) in [5.74, 6) is 0.212. The molecule has 0 aliphatic carbocycles. The largest absolute Gasteiger partial charge is 0.385 e. The third-order valence-corrected chi connectivity index (χ3v) is 4.24. The fourth-order valence-electron chi connectivity index (χ4n) is 1.28. The minimum Gasteiger partial charge on any atom is -0.385 e. The van der Waals surface area contributed by atoms with Gasteiger partial charge in [0.15, 0.2) is 0 Å². The summed E-state index contributed by atoms with van der Waals surface area (Å²) in [6.07, 6.45) is 1.39. The van der Waals surface area contributed by atoms with Gasteiger partial charge >= 0.3 is 0 Å². The van der Waals surface area contributed by atoms with Crippen LogP contribution in [0.5, 0.6) is 0 Å². The van der Waals surface area contributed by atoms with Crippen molar-refractivity contribution in [2.75, 3.05) is 46.2 Å². The third-order valence-electron chi connectivity index (χ3n) is 2.30. The van der Waals surface area contributed by atoms with Crippen LogP contribution in [0.3, 0.4) is 0 Å². The van der Waals surface area contributed by atoms with Crippen molar-refractivity contribution in [2.24, 2.45) is 0 Å². The van der Waals surface area contributed by atoms with Gasteiger partial charge in [-0.1, -0.05) is 6.92 Å². The number of methoxy groups -OCH3 is 1. The van der Waals surface area contributed by atoms with Crippen LogP contribution < -0.4 is 5.32 Å². The van der Waals surface area contributed by atoms with Gasteiger partial charge in [-0.25, -0.2) is 12.7 Å². The summed E-state index contributed by atoms with van der Waals surface area (Å²) in [7, 11) is 0.156. The zero-order chi connectivity index (χ0) is 12.4. The second-order valence-corrected chi connectivity index (χ2v) is 5.89. The summed E-state index contributed by atoms with van der Waals surface area (Å²) in [4.78, 5) is 0. The molecule has 0 aromatic rings. The first kappa shape index (κ1) is 15.8. The maximum Gasteiger partial charge on any atom is 0.213 e. The van der Waals surface area contributed by atoms with Gasteiger partial charge in [-0.05, 0) is 25.9 Å². The van der Waals surface area contributed by atoms with Gasteiger partial charge in [0.25, 0.3) is 0 Å². The van der Waals surface area contributed by atoms with Crippen molar-refractivity contribution in [2.45, 2.75) is 19.8 Å². The van der Waals surface area contributed by atoms with E-state index in [4.69, 9.17) is 4.74 Å². The van der Waals surface area contributed by atoms with Gasteiger partial charge in [0.05, 0.1) is 5.75 Å². The molecule has 5 nitrogen and oxygen atoms in total. The van der Waals surface area contributed by atoms with E-state index in [1.165, 1.54) is 4.31 Å². The quantitative estimate of drug-likeness (QED) is 0.568. The summed E-state index contributed by atoms with van der Waals surface area (Å²) in [5, 5.41) is 3.11. The summed E-state index contributed by atoms with van der Waals surface area (Å²) in [6, 6.07) is 0. The molecular weight excluding hydrogens is 228 g/mol. The van der Waals surface area contributed by atoms with Gasteiger partial charge in [0.2, 0.25) is 10.0 Å². The molecule has 0 aromatic heterocycles. The first-order valence-corrected chi connectivity index (χ1v) is 7.29. The highest BCUT2D eigenvalue weighted by atomic mass is 32.2. The smallest absolute Gasteiger partial charge is 0.213 e. The van der Waals surface area contributed by atoms with E-state index in [-0.39, 0.29) is 5.75 Å². The maximum atomic E-state index is 11.7. The third kappa shape index (κ3) is 7.16. The average molecular weight is 252 g/mol. The minimum atomic E-state index is -3.08. The van der Waals surface area contributed by atoms with Crippen molar-refractivity contribution in [1.29, 1.82) is 0 Å². The fourth-order valence-corrected chi connectivity index (χ4v) is 2.51. The van der Waals surface area contributed by atoms with Crippen LogP contribution in [0.4, 0.5) is 0 Å². The molecule has 0 radical (unpaired) electrons. The summed E-state index contributed by atoms with van der Waals surface area (Å²) < 4.78 is 29.8. The number of sulfonamides is 1. The summed E-state index contributed by atoms with van der Waals surface area (Å²) in [5.41, 5.74) is 0. The lowest BCUT2D eigenvalue weighted by Gasteiger charge is -2.16. The van der Waals surface area contributed by atoms with Crippen LogP contribution in [0, 0.1) is 0 Å². The molecule has 0 atom stereocenters. The fraction of sp³-hybridized carbons (Fsp3) is 1.00. The Kier molecular flexibility index (Phi) is 8.83. The molecule has 98 valence electrons. The van der Waals surface area contributed by atoms with Crippen molar-refractivity contribution < 1.29 is 13.2 Å². The first-order chi connectivity index (χ1) is 7.54. The van der Waals surface area contributed by atoms with Crippen LogP contribution in [0.25, 0.3) is 0 Å². The molecule has 0 heterocycles. The van der Waals surface area contributed by atoms with Crippen molar-refractivity contribution in [3.8, 4) is 0 Å². The minimum absolute atomic E-state index is 0.212. The van der Waals surface area contributed by atoms with E-state index >= 15 is 0 Å². The van der Waals surface area contributed by atoms with E-state index in [0.29, 0.717) is 19.6 Å². The van der Waals surface area contributed by atoms with Crippen LogP contribution in [-0.4, -0.2) is 58.9 Å². The Labute approximate surface area is 99.2 Å². The van der Waals surface area contributed by atoms with E-state index < -0.39 is 10.0 Å². The number of hydrogen-bond donors (Lipinski definition) is 1. The molecule has 0 rings (SSSR count). The number of nitrogens with one attached hydrogen (secondary N) is 1. The van der Waals surface area contributed by atoms with E-state index in [2.05, 4.69) is 5.32 Å².